The largest absolute Gasteiger partial charge is 0.511 e. The Bertz CT molecular complexity index is 600. The molecule has 2 amide bonds. The van der Waals surface area contributed by atoms with E-state index in [4.69, 9.17) is 5.41 Å². The number of hydrogen-bond donors (Lipinski definition) is 3. The molecule has 2 saturated heterocycles. The Balaban J connectivity index is 1.39. The quantitative estimate of drug-likeness (QED) is 0.376. The highest BCUT2D eigenvalue weighted by Gasteiger charge is 2.33. The van der Waals surface area contributed by atoms with Crippen molar-refractivity contribution in [3.8, 4) is 0 Å². The minimum absolute atomic E-state index is 0.155. The van der Waals surface area contributed by atoms with Crippen LogP contribution in [0.3, 0.4) is 0 Å². The van der Waals surface area contributed by atoms with Gasteiger partial charge in [-0.2, -0.15) is 5.32 Å². The van der Waals surface area contributed by atoms with E-state index in [2.05, 4.69) is 15.1 Å². The number of urea groups is 1. The summed E-state index contributed by atoms with van der Waals surface area (Å²) in [5.74, 6) is 1.11. The lowest BCUT2D eigenvalue weighted by Gasteiger charge is -2.38. The van der Waals surface area contributed by atoms with E-state index in [9.17, 15) is 9.90 Å². The maximum Gasteiger partial charge on any atom is 0.409 e. The van der Waals surface area contributed by atoms with Crippen LogP contribution in [0.15, 0.2) is 11.8 Å². The minimum Gasteiger partial charge on any atom is -0.511 e. The summed E-state index contributed by atoms with van der Waals surface area (Å²) in [6.45, 7) is 12.6. The third-order valence-electron chi connectivity index (χ3n) is 6.10. The fourth-order valence-corrected chi connectivity index (χ4v) is 4.12. The number of nitrogens with two attached hydrogens (primary N) is 1. The van der Waals surface area contributed by atoms with Gasteiger partial charge in [0.1, 0.15) is 5.76 Å². The van der Waals surface area contributed by atoms with Crippen LogP contribution in [0.1, 0.15) is 46.5 Å². The highest BCUT2D eigenvalue weighted by Crippen LogP contribution is 2.31. The standard InChI is InChI=1S/C21H37N5O2/c1-21(2,3)18(27)13-19(22)23-20(28)25-11-9-24(10-12-25)14-16-5-4-8-26(15-16)17-6-7-17/h13,16-17,27H,4-12,14-15H2,1-3H3,(H2,22,23,28)/p+1/b18-13-/t16-/m0/s1. The Labute approximate surface area is 169 Å². The highest BCUT2D eigenvalue weighted by molar-refractivity contribution is 6.00. The van der Waals surface area contributed by atoms with Crippen LogP contribution in [-0.4, -0.2) is 83.5 Å². The zero-order valence-electron chi connectivity index (χ0n) is 17.8. The molecule has 3 fully saturated rings. The zero-order valence-corrected chi connectivity index (χ0v) is 17.8. The van der Waals surface area contributed by atoms with Gasteiger partial charge in [-0.25, -0.2) is 4.79 Å². The number of carbonyl (C=O) groups is 1. The van der Waals surface area contributed by atoms with E-state index in [1.165, 1.54) is 44.8 Å². The monoisotopic (exact) mass is 392 g/mol. The van der Waals surface area contributed by atoms with Gasteiger partial charge in [0.05, 0.1) is 6.08 Å². The number of piperidine rings is 1. The molecule has 2 aliphatic heterocycles. The summed E-state index contributed by atoms with van der Waals surface area (Å²) in [5.41, 5.74) is -0.394. The van der Waals surface area contributed by atoms with E-state index in [-0.39, 0.29) is 17.6 Å². The molecule has 0 aromatic rings. The van der Waals surface area contributed by atoms with E-state index in [0.717, 1.165) is 31.6 Å². The van der Waals surface area contributed by atoms with Crippen molar-refractivity contribution in [2.75, 3.05) is 45.8 Å². The van der Waals surface area contributed by atoms with Crippen molar-refractivity contribution in [2.45, 2.75) is 52.5 Å². The minimum atomic E-state index is -0.394. The van der Waals surface area contributed by atoms with Gasteiger partial charge in [0.25, 0.3) is 5.84 Å². The van der Waals surface area contributed by atoms with Crippen molar-refractivity contribution in [3.63, 3.8) is 0 Å². The first-order chi connectivity index (χ1) is 13.2. The summed E-state index contributed by atoms with van der Waals surface area (Å²) in [5, 5.41) is 18.6. The maximum absolute atomic E-state index is 12.4. The molecule has 158 valence electrons. The lowest BCUT2D eigenvalue weighted by atomic mass is 9.93. The van der Waals surface area contributed by atoms with Gasteiger partial charge in [-0.15, -0.1) is 0 Å². The van der Waals surface area contributed by atoms with Crippen LogP contribution < -0.4 is 10.7 Å². The van der Waals surface area contributed by atoms with Crippen molar-refractivity contribution in [3.05, 3.63) is 11.8 Å². The van der Waals surface area contributed by atoms with Crippen molar-refractivity contribution in [1.82, 2.24) is 20.0 Å². The molecule has 0 aromatic heterocycles. The van der Waals surface area contributed by atoms with Gasteiger partial charge in [-0.1, -0.05) is 20.8 Å². The Kier molecular flexibility index (Phi) is 6.65. The molecule has 28 heavy (non-hydrogen) atoms. The van der Waals surface area contributed by atoms with Crippen LogP contribution >= 0.6 is 0 Å². The number of likely N-dealkylation sites (tertiary alicyclic amines) is 1. The Morgan fingerprint density at radius 2 is 1.82 bits per heavy atom. The van der Waals surface area contributed by atoms with E-state index < -0.39 is 5.41 Å². The molecule has 0 bridgehead atoms. The lowest BCUT2D eigenvalue weighted by molar-refractivity contribution is -0.115. The van der Waals surface area contributed by atoms with Gasteiger partial charge in [-0.05, 0) is 38.1 Å². The van der Waals surface area contributed by atoms with E-state index in [1.54, 1.807) is 0 Å². The van der Waals surface area contributed by atoms with Gasteiger partial charge in [-0.3, -0.25) is 10.3 Å². The number of carbonyl (C=O) groups excluding carboxylic acids is 1. The molecule has 3 aliphatic rings. The second-order valence-electron chi connectivity index (χ2n) is 9.69. The SMILES string of the molecule is CC(C)(C)/C(O)=C/C(=[NH2+])NC(=O)N1CCN(C[C@@H]2CCCN(C3CC3)C2)CC1. The van der Waals surface area contributed by atoms with Gasteiger partial charge < -0.3 is 14.9 Å². The average molecular weight is 393 g/mol. The summed E-state index contributed by atoms with van der Waals surface area (Å²) in [7, 11) is 0. The number of piperazine rings is 1. The Morgan fingerprint density at radius 3 is 2.43 bits per heavy atom. The normalized spacial score (nSPS) is 25.6. The predicted octanol–water partition coefficient (Wildman–Crippen LogP) is 0.834. The number of nitrogens with zero attached hydrogens (tertiary/aromatic N) is 3. The first-order valence-electron chi connectivity index (χ1n) is 10.8. The molecule has 3 rings (SSSR count). The van der Waals surface area contributed by atoms with Gasteiger partial charge in [0.2, 0.25) is 0 Å². The number of amidine groups is 1. The first kappa shape index (κ1) is 21.1. The topological polar surface area (TPSA) is 84.6 Å². The van der Waals surface area contributed by atoms with Crippen LogP contribution in [0.4, 0.5) is 4.79 Å². The Morgan fingerprint density at radius 1 is 1.14 bits per heavy atom. The predicted molar refractivity (Wildman–Crippen MR) is 111 cm³/mol. The number of nitrogens with one attached hydrogen (secondary N) is 1. The highest BCUT2D eigenvalue weighted by atomic mass is 16.3. The summed E-state index contributed by atoms with van der Waals surface area (Å²) in [6, 6.07) is 0.685. The van der Waals surface area contributed by atoms with Crippen LogP contribution in [0, 0.1) is 11.3 Å². The molecule has 4 N–H and O–H groups in total. The lowest BCUT2D eigenvalue weighted by Crippen LogP contribution is -2.57. The van der Waals surface area contributed by atoms with Crippen LogP contribution in [0.25, 0.3) is 0 Å². The molecule has 0 aromatic carbocycles. The number of allylic oxidation sites excluding steroid dienone is 1. The summed E-state index contributed by atoms with van der Waals surface area (Å²) in [6.07, 6.45) is 6.88. The number of amides is 2. The number of aliphatic hydroxyl groups is 1. The average Bonchev–Trinajstić information content (AvgIpc) is 3.47. The molecule has 0 radical (unpaired) electrons. The summed E-state index contributed by atoms with van der Waals surface area (Å²) in [4.78, 5) is 19.4. The molecule has 7 heteroatoms. The fraction of sp³-hybridized carbons (Fsp3) is 0.810. The fourth-order valence-electron chi connectivity index (χ4n) is 4.12. The smallest absolute Gasteiger partial charge is 0.409 e. The molecule has 2 heterocycles. The van der Waals surface area contributed by atoms with Crippen LogP contribution in [-0.2, 0) is 0 Å². The maximum atomic E-state index is 12.4. The zero-order chi connectivity index (χ0) is 20.3. The van der Waals surface area contributed by atoms with E-state index in [0.29, 0.717) is 13.1 Å². The van der Waals surface area contributed by atoms with Crippen molar-refractivity contribution >= 4 is 11.9 Å². The third-order valence-corrected chi connectivity index (χ3v) is 6.10. The second-order valence-corrected chi connectivity index (χ2v) is 9.69. The van der Waals surface area contributed by atoms with E-state index in [1.807, 2.05) is 25.7 Å². The van der Waals surface area contributed by atoms with Gasteiger partial charge in [0.15, 0.2) is 0 Å². The second kappa shape index (κ2) is 8.82. The van der Waals surface area contributed by atoms with Gasteiger partial charge >= 0.3 is 6.03 Å². The molecular formula is C21H38N5O2+. The molecule has 0 unspecified atom stereocenters. The Hall–Kier alpha value is -1.60. The molecule has 1 saturated carbocycles. The van der Waals surface area contributed by atoms with Crippen molar-refractivity contribution < 1.29 is 15.3 Å². The number of aliphatic hydroxyl groups excluding tert-OH is 1. The van der Waals surface area contributed by atoms with Crippen LogP contribution in [0.2, 0.25) is 0 Å². The number of hydrogen-bond acceptors (Lipinski definition) is 4. The molecular weight excluding hydrogens is 354 g/mol. The van der Waals surface area contributed by atoms with Gasteiger partial charge in [0, 0.05) is 50.7 Å². The van der Waals surface area contributed by atoms with E-state index >= 15 is 0 Å². The van der Waals surface area contributed by atoms with Crippen molar-refractivity contribution in [2.24, 2.45) is 11.3 Å². The van der Waals surface area contributed by atoms with Crippen LogP contribution in [0.5, 0.6) is 0 Å². The van der Waals surface area contributed by atoms with Crippen molar-refractivity contribution in [1.29, 1.82) is 0 Å². The summed E-state index contributed by atoms with van der Waals surface area (Å²) < 4.78 is 0. The number of rotatable bonds is 4. The third kappa shape index (κ3) is 5.95. The summed E-state index contributed by atoms with van der Waals surface area (Å²) >= 11 is 0. The first-order valence-corrected chi connectivity index (χ1v) is 10.8. The molecule has 1 aliphatic carbocycles. The molecule has 0 spiro atoms. The molecule has 1 atom stereocenters. The molecule has 7 nitrogen and oxygen atoms in total.